The number of rotatable bonds is 4. The monoisotopic (exact) mass is 319 g/mol. The van der Waals surface area contributed by atoms with Gasteiger partial charge in [0.1, 0.15) is 0 Å². The lowest BCUT2D eigenvalue weighted by atomic mass is 10.0. The molecule has 0 spiro atoms. The summed E-state index contributed by atoms with van der Waals surface area (Å²) in [5.41, 5.74) is -0.150. The molecular formula is C13H25N3O4S. The third-order valence-electron chi connectivity index (χ3n) is 4.12. The second-order valence-corrected chi connectivity index (χ2v) is 8.57. The van der Waals surface area contributed by atoms with Crippen molar-refractivity contribution in [2.24, 2.45) is 0 Å². The molecule has 0 unspecified atom stereocenters. The van der Waals surface area contributed by atoms with Crippen molar-refractivity contribution in [2.75, 3.05) is 44.4 Å². The molecule has 8 heteroatoms. The van der Waals surface area contributed by atoms with Crippen molar-refractivity contribution < 1.29 is 17.9 Å². The molecule has 2 aliphatic heterocycles. The number of carbonyl (C=O) groups is 1. The second-order valence-electron chi connectivity index (χ2n) is 6.34. The molecule has 2 rings (SSSR count). The number of amides is 2. The highest BCUT2D eigenvalue weighted by molar-refractivity contribution is 7.91. The van der Waals surface area contributed by atoms with Crippen molar-refractivity contribution in [3.05, 3.63) is 0 Å². The molecule has 0 aromatic carbocycles. The number of hydrogen-bond acceptors (Lipinski definition) is 5. The number of ether oxygens (including phenoxy) is 1. The summed E-state index contributed by atoms with van der Waals surface area (Å²) in [4.78, 5) is 14.2. The van der Waals surface area contributed by atoms with E-state index in [1.807, 2.05) is 0 Å². The molecular weight excluding hydrogens is 294 g/mol. The molecule has 1 atom stereocenters. The van der Waals surface area contributed by atoms with Crippen LogP contribution in [0.4, 0.5) is 4.79 Å². The molecule has 0 aliphatic carbocycles. The standard InChI is InChI=1S/C13H25N3O4S/c1-13(2,16-4-6-20-7-5-16)10-14-12(17)15-11-3-8-21(18,19)9-11/h11H,3-10H2,1-2H3,(H2,14,15,17)/t11-/m0/s1. The molecule has 21 heavy (non-hydrogen) atoms. The zero-order valence-corrected chi connectivity index (χ0v) is 13.5. The molecule has 2 N–H and O–H groups in total. The van der Waals surface area contributed by atoms with Gasteiger partial charge >= 0.3 is 6.03 Å². The molecule has 122 valence electrons. The van der Waals surface area contributed by atoms with Crippen LogP contribution >= 0.6 is 0 Å². The number of carbonyl (C=O) groups excluding carboxylic acids is 1. The summed E-state index contributed by atoms with van der Waals surface area (Å²) in [5.74, 6) is 0.213. The Kier molecular flexibility index (Phi) is 5.11. The Morgan fingerprint density at radius 2 is 2.00 bits per heavy atom. The van der Waals surface area contributed by atoms with Gasteiger partial charge in [-0.25, -0.2) is 13.2 Å². The minimum Gasteiger partial charge on any atom is -0.379 e. The van der Waals surface area contributed by atoms with E-state index < -0.39 is 9.84 Å². The zero-order valence-electron chi connectivity index (χ0n) is 12.7. The van der Waals surface area contributed by atoms with Gasteiger partial charge in [0.05, 0.1) is 24.7 Å². The SMILES string of the molecule is CC(C)(CNC(=O)N[C@H]1CCS(=O)(=O)C1)N1CCOCC1. The number of morpholine rings is 1. The van der Waals surface area contributed by atoms with E-state index in [1.54, 1.807) is 0 Å². The Morgan fingerprint density at radius 3 is 2.57 bits per heavy atom. The molecule has 0 aromatic rings. The van der Waals surface area contributed by atoms with E-state index in [0.717, 1.165) is 26.3 Å². The number of urea groups is 1. The fourth-order valence-corrected chi connectivity index (χ4v) is 4.40. The van der Waals surface area contributed by atoms with Crippen LogP contribution in [0, 0.1) is 0 Å². The van der Waals surface area contributed by atoms with Crippen molar-refractivity contribution in [1.82, 2.24) is 15.5 Å². The Balaban J connectivity index is 1.75. The summed E-state index contributed by atoms with van der Waals surface area (Å²) < 4.78 is 28.0. The summed E-state index contributed by atoms with van der Waals surface area (Å²) in [7, 11) is -2.97. The van der Waals surface area contributed by atoms with Gasteiger partial charge in [0.15, 0.2) is 9.84 Å². The Bertz CT molecular complexity index is 472. The minimum absolute atomic E-state index is 0.0489. The summed E-state index contributed by atoms with van der Waals surface area (Å²) >= 11 is 0. The second kappa shape index (κ2) is 6.50. The van der Waals surface area contributed by atoms with Crippen LogP contribution in [0.15, 0.2) is 0 Å². The van der Waals surface area contributed by atoms with Crippen LogP contribution in [-0.2, 0) is 14.6 Å². The third kappa shape index (κ3) is 4.82. The number of nitrogens with zero attached hydrogens (tertiary/aromatic N) is 1. The lowest BCUT2D eigenvalue weighted by Crippen LogP contribution is -2.56. The minimum atomic E-state index is -2.97. The topological polar surface area (TPSA) is 87.7 Å². The first kappa shape index (κ1) is 16.5. The molecule has 0 saturated carbocycles. The third-order valence-corrected chi connectivity index (χ3v) is 5.88. The van der Waals surface area contributed by atoms with Crippen molar-refractivity contribution in [3.8, 4) is 0 Å². The van der Waals surface area contributed by atoms with Gasteiger partial charge < -0.3 is 15.4 Å². The summed E-state index contributed by atoms with van der Waals surface area (Å²) in [6.07, 6.45) is 0.503. The van der Waals surface area contributed by atoms with E-state index >= 15 is 0 Å². The van der Waals surface area contributed by atoms with Gasteiger partial charge in [-0.1, -0.05) is 0 Å². The van der Waals surface area contributed by atoms with E-state index in [-0.39, 0.29) is 29.1 Å². The molecule has 2 fully saturated rings. The van der Waals surface area contributed by atoms with Gasteiger partial charge in [-0.05, 0) is 20.3 Å². The first-order chi connectivity index (χ1) is 9.78. The summed E-state index contributed by atoms with van der Waals surface area (Å²) in [5, 5.41) is 5.58. The van der Waals surface area contributed by atoms with Gasteiger partial charge in [-0.15, -0.1) is 0 Å². The zero-order chi connectivity index (χ0) is 15.5. The van der Waals surface area contributed by atoms with Crippen LogP contribution in [0.2, 0.25) is 0 Å². The first-order valence-corrected chi connectivity index (χ1v) is 9.18. The maximum atomic E-state index is 11.9. The highest BCUT2D eigenvalue weighted by Crippen LogP contribution is 2.15. The van der Waals surface area contributed by atoms with E-state index in [1.165, 1.54) is 0 Å². The predicted molar refractivity (Wildman–Crippen MR) is 80.1 cm³/mol. The molecule has 0 radical (unpaired) electrons. The van der Waals surface area contributed by atoms with E-state index in [2.05, 4.69) is 29.4 Å². The Labute approximate surface area is 126 Å². The first-order valence-electron chi connectivity index (χ1n) is 7.36. The van der Waals surface area contributed by atoms with E-state index in [9.17, 15) is 13.2 Å². The number of nitrogens with one attached hydrogen (secondary N) is 2. The number of hydrogen-bond donors (Lipinski definition) is 2. The summed E-state index contributed by atoms with van der Waals surface area (Å²) in [6, 6.07) is -0.556. The van der Waals surface area contributed by atoms with Gasteiger partial charge in [0, 0.05) is 31.2 Å². The summed E-state index contributed by atoms with van der Waals surface area (Å²) in [6.45, 7) is 7.83. The maximum Gasteiger partial charge on any atom is 0.315 e. The average Bonchev–Trinajstić information content (AvgIpc) is 2.77. The lowest BCUT2D eigenvalue weighted by molar-refractivity contribution is -0.00876. The van der Waals surface area contributed by atoms with Crippen LogP contribution in [-0.4, -0.2) is 75.3 Å². The maximum absolute atomic E-state index is 11.9. The number of sulfone groups is 1. The van der Waals surface area contributed by atoms with Crippen LogP contribution in [0.1, 0.15) is 20.3 Å². The van der Waals surface area contributed by atoms with Gasteiger partial charge in [0.2, 0.25) is 0 Å². The Morgan fingerprint density at radius 1 is 1.33 bits per heavy atom. The Hall–Kier alpha value is -0.860. The van der Waals surface area contributed by atoms with Crippen molar-refractivity contribution >= 4 is 15.9 Å². The van der Waals surface area contributed by atoms with Crippen LogP contribution in [0.25, 0.3) is 0 Å². The van der Waals surface area contributed by atoms with Gasteiger partial charge in [-0.2, -0.15) is 0 Å². The molecule has 2 amide bonds. The fourth-order valence-electron chi connectivity index (χ4n) is 2.72. The molecule has 2 aliphatic rings. The van der Waals surface area contributed by atoms with Crippen LogP contribution in [0.3, 0.4) is 0 Å². The quantitative estimate of drug-likeness (QED) is 0.735. The molecule has 0 bridgehead atoms. The lowest BCUT2D eigenvalue weighted by Gasteiger charge is -2.40. The highest BCUT2D eigenvalue weighted by Gasteiger charge is 2.31. The van der Waals surface area contributed by atoms with Crippen molar-refractivity contribution in [1.29, 1.82) is 0 Å². The molecule has 0 aromatic heterocycles. The normalized spacial score (nSPS) is 26.5. The van der Waals surface area contributed by atoms with E-state index in [0.29, 0.717) is 13.0 Å². The highest BCUT2D eigenvalue weighted by atomic mass is 32.2. The van der Waals surface area contributed by atoms with Crippen LogP contribution < -0.4 is 10.6 Å². The fraction of sp³-hybridized carbons (Fsp3) is 0.923. The van der Waals surface area contributed by atoms with Crippen LogP contribution in [0.5, 0.6) is 0 Å². The van der Waals surface area contributed by atoms with Gasteiger partial charge in [0.25, 0.3) is 0 Å². The largest absolute Gasteiger partial charge is 0.379 e. The molecule has 2 heterocycles. The average molecular weight is 319 g/mol. The smallest absolute Gasteiger partial charge is 0.315 e. The van der Waals surface area contributed by atoms with Gasteiger partial charge in [-0.3, -0.25) is 4.90 Å². The van der Waals surface area contributed by atoms with Crippen molar-refractivity contribution in [3.63, 3.8) is 0 Å². The predicted octanol–water partition coefficient (Wildman–Crippen LogP) is -0.416. The molecule has 7 nitrogen and oxygen atoms in total. The molecule has 2 saturated heterocycles. The van der Waals surface area contributed by atoms with E-state index in [4.69, 9.17) is 4.74 Å². The van der Waals surface area contributed by atoms with Crippen molar-refractivity contribution in [2.45, 2.75) is 31.8 Å².